The second-order valence-corrected chi connectivity index (χ2v) is 4.80. The normalized spacial score (nSPS) is 17.6. The van der Waals surface area contributed by atoms with E-state index in [-0.39, 0.29) is 5.91 Å². The van der Waals surface area contributed by atoms with Crippen molar-refractivity contribution in [2.24, 2.45) is 0 Å². The van der Waals surface area contributed by atoms with Gasteiger partial charge in [0.05, 0.1) is 5.69 Å². The van der Waals surface area contributed by atoms with E-state index in [0.29, 0.717) is 18.0 Å². The van der Waals surface area contributed by atoms with E-state index in [0.717, 1.165) is 12.1 Å². The van der Waals surface area contributed by atoms with Crippen LogP contribution in [0.4, 0.5) is 11.4 Å². The van der Waals surface area contributed by atoms with Gasteiger partial charge in [0.15, 0.2) is 5.60 Å². The molecule has 1 aromatic carbocycles. The van der Waals surface area contributed by atoms with Crippen LogP contribution in [-0.2, 0) is 4.79 Å². The van der Waals surface area contributed by atoms with E-state index in [2.05, 4.69) is 0 Å². The van der Waals surface area contributed by atoms with Gasteiger partial charge in [0, 0.05) is 18.3 Å². The number of carbonyl (C=O) groups excluding carboxylic acids is 1. The van der Waals surface area contributed by atoms with Gasteiger partial charge in [-0.2, -0.15) is 0 Å². The second-order valence-electron chi connectivity index (χ2n) is 4.80. The lowest BCUT2D eigenvalue weighted by molar-refractivity contribution is -0.132. The molecule has 0 fully saturated rings. The summed E-state index contributed by atoms with van der Waals surface area (Å²) in [5, 5.41) is 0. The fourth-order valence-electron chi connectivity index (χ4n) is 2.03. The minimum Gasteiger partial charge on any atom is -0.476 e. The Morgan fingerprint density at radius 2 is 2.12 bits per heavy atom. The third kappa shape index (κ3) is 1.95. The first kappa shape index (κ1) is 11.8. The van der Waals surface area contributed by atoms with Gasteiger partial charge in [-0.25, -0.2) is 0 Å². The Kier molecular flexibility index (Phi) is 2.73. The first-order valence-electron chi connectivity index (χ1n) is 5.86. The fraction of sp³-hybridized carbons (Fsp3) is 0.462. The van der Waals surface area contributed by atoms with Gasteiger partial charge in [-0.15, -0.1) is 0 Å². The van der Waals surface area contributed by atoms with Crippen molar-refractivity contribution in [1.29, 1.82) is 0 Å². The van der Waals surface area contributed by atoms with Crippen molar-refractivity contribution >= 4 is 17.3 Å². The monoisotopic (exact) mass is 234 g/mol. The second kappa shape index (κ2) is 3.95. The quantitative estimate of drug-likeness (QED) is 0.798. The molecule has 1 amide bonds. The number of rotatable bonds is 2. The third-order valence-corrected chi connectivity index (χ3v) is 2.85. The number of benzene rings is 1. The number of carbonyl (C=O) groups is 1. The van der Waals surface area contributed by atoms with Crippen LogP contribution in [0.2, 0.25) is 0 Å². The molecule has 4 heteroatoms. The molecule has 0 radical (unpaired) electrons. The molecule has 0 saturated carbocycles. The highest BCUT2D eigenvalue weighted by Gasteiger charge is 2.40. The highest BCUT2D eigenvalue weighted by atomic mass is 16.5. The van der Waals surface area contributed by atoms with E-state index in [1.807, 2.05) is 13.0 Å². The summed E-state index contributed by atoms with van der Waals surface area (Å²) < 4.78 is 5.72. The van der Waals surface area contributed by atoms with E-state index in [1.165, 1.54) is 0 Å². The summed E-state index contributed by atoms with van der Waals surface area (Å²) >= 11 is 0. The lowest BCUT2D eigenvalue weighted by Gasteiger charge is -2.38. The number of hydrogen-bond acceptors (Lipinski definition) is 3. The summed E-state index contributed by atoms with van der Waals surface area (Å²) in [6.07, 6.45) is 0.908. The molecular formula is C13H18N2O2. The Morgan fingerprint density at radius 3 is 2.76 bits per heavy atom. The van der Waals surface area contributed by atoms with Crippen molar-refractivity contribution in [3.8, 4) is 5.75 Å². The van der Waals surface area contributed by atoms with Crippen molar-refractivity contribution in [2.45, 2.75) is 32.8 Å². The van der Waals surface area contributed by atoms with Crippen molar-refractivity contribution in [3.05, 3.63) is 18.2 Å². The minimum atomic E-state index is -0.823. The summed E-state index contributed by atoms with van der Waals surface area (Å²) in [5.41, 5.74) is 6.37. The predicted octanol–water partition coefficient (Wildman–Crippen LogP) is 2.18. The molecule has 1 aliphatic rings. The van der Waals surface area contributed by atoms with E-state index in [4.69, 9.17) is 10.5 Å². The molecule has 0 unspecified atom stereocenters. The van der Waals surface area contributed by atoms with Gasteiger partial charge in [-0.05, 0) is 32.4 Å². The zero-order valence-electron chi connectivity index (χ0n) is 10.5. The van der Waals surface area contributed by atoms with Gasteiger partial charge in [0.1, 0.15) is 5.75 Å². The minimum absolute atomic E-state index is 0.00313. The van der Waals surface area contributed by atoms with E-state index < -0.39 is 5.60 Å². The van der Waals surface area contributed by atoms with Crippen LogP contribution >= 0.6 is 0 Å². The Balaban J connectivity index is 2.50. The van der Waals surface area contributed by atoms with E-state index >= 15 is 0 Å². The molecule has 1 heterocycles. The zero-order chi connectivity index (χ0) is 12.6. The standard InChI is InChI=1S/C13H18N2O2/c1-4-7-15-10-6-5-9(14)8-11(10)17-13(2,3)12(15)16/h5-6,8H,4,7,14H2,1-3H3. The maximum atomic E-state index is 12.3. The number of ether oxygens (including phenoxy) is 1. The maximum Gasteiger partial charge on any atom is 0.270 e. The number of nitrogens with zero attached hydrogens (tertiary/aromatic N) is 1. The summed E-state index contributed by atoms with van der Waals surface area (Å²) in [5.74, 6) is 0.680. The molecule has 92 valence electrons. The van der Waals surface area contributed by atoms with Gasteiger partial charge in [0.2, 0.25) is 0 Å². The molecule has 17 heavy (non-hydrogen) atoms. The number of amides is 1. The Bertz CT molecular complexity index is 455. The first-order chi connectivity index (χ1) is 7.95. The number of nitrogen functional groups attached to an aromatic ring is 1. The van der Waals surface area contributed by atoms with Gasteiger partial charge < -0.3 is 15.4 Å². The average Bonchev–Trinajstić information content (AvgIpc) is 2.24. The number of anilines is 2. The van der Waals surface area contributed by atoms with E-state index in [9.17, 15) is 4.79 Å². The lowest BCUT2D eigenvalue weighted by atomic mass is 10.0. The SMILES string of the molecule is CCCN1C(=O)C(C)(C)Oc2cc(N)ccc21. The summed E-state index contributed by atoms with van der Waals surface area (Å²) in [6, 6.07) is 5.40. The molecule has 0 saturated heterocycles. The van der Waals surface area contributed by atoms with Crippen molar-refractivity contribution in [3.63, 3.8) is 0 Å². The molecule has 0 spiro atoms. The van der Waals surface area contributed by atoms with Crippen LogP contribution in [0.25, 0.3) is 0 Å². The molecular weight excluding hydrogens is 216 g/mol. The maximum absolute atomic E-state index is 12.3. The van der Waals surface area contributed by atoms with Gasteiger partial charge in [-0.1, -0.05) is 6.92 Å². The van der Waals surface area contributed by atoms with Crippen LogP contribution in [0, 0.1) is 0 Å². The molecule has 0 atom stereocenters. The van der Waals surface area contributed by atoms with Crippen LogP contribution < -0.4 is 15.4 Å². The molecule has 4 nitrogen and oxygen atoms in total. The summed E-state index contributed by atoms with van der Waals surface area (Å²) in [7, 11) is 0. The van der Waals surface area contributed by atoms with Crippen LogP contribution in [-0.4, -0.2) is 18.1 Å². The smallest absolute Gasteiger partial charge is 0.270 e. The van der Waals surface area contributed by atoms with Crippen molar-refractivity contribution in [2.75, 3.05) is 17.2 Å². The average molecular weight is 234 g/mol. The zero-order valence-corrected chi connectivity index (χ0v) is 10.5. The fourth-order valence-corrected chi connectivity index (χ4v) is 2.03. The van der Waals surface area contributed by atoms with Crippen molar-refractivity contribution in [1.82, 2.24) is 0 Å². The van der Waals surface area contributed by atoms with Crippen molar-refractivity contribution < 1.29 is 9.53 Å². The van der Waals surface area contributed by atoms with Crippen LogP contribution in [0.3, 0.4) is 0 Å². The highest BCUT2D eigenvalue weighted by molar-refractivity contribution is 6.02. The molecule has 0 aliphatic carbocycles. The Labute approximate surface area is 101 Å². The van der Waals surface area contributed by atoms with Crippen LogP contribution in [0.15, 0.2) is 18.2 Å². The lowest BCUT2D eigenvalue weighted by Crippen LogP contribution is -2.52. The number of hydrogen-bond donors (Lipinski definition) is 1. The summed E-state index contributed by atoms with van der Waals surface area (Å²) in [4.78, 5) is 14.0. The molecule has 1 aromatic rings. The number of fused-ring (bicyclic) bond motifs is 1. The molecule has 2 rings (SSSR count). The van der Waals surface area contributed by atoms with Gasteiger partial charge in [0.25, 0.3) is 5.91 Å². The number of nitrogens with two attached hydrogens (primary N) is 1. The van der Waals surface area contributed by atoms with Crippen LogP contribution in [0.1, 0.15) is 27.2 Å². The predicted molar refractivity (Wildman–Crippen MR) is 68.2 cm³/mol. The van der Waals surface area contributed by atoms with Gasteiger partial charge >= 0.3 is 0 Å². The summed E-state index contributed by atoms with van der Waals surface area (Å²) in [6.45, 7) is 6.31. The molecule has 2 N–H and O–H groups in total. The van der Waals surface area contributed by atoms with E-state index in [1.54, 1.807) is 30.9 Å². The Hall–Kier alpha value is -1.71. The molecule has 0 bridgehead atoms. The topological polar surface area (TPSA) is 55.6 Å². The molecule has 0 aromatic heterocycles. The first-order valence-corrected chi connectivity index (χ1v) is 5.86. The largest absolute Gasteiger partial charge is 0.476 e. The molecule has 1 aliphatic heterocycles. The van der Waals surface area contributed by atoms with Crippen LogP contribution in [0.5, 0.6) is 5.75 Å². The Morgan fingerprint density at radius 1 is 1.41 bits per heavy atom. The highest BCUT2D eigenvalue weighted by Crippen LogP contribution is 2.38. The third-order valence-electron chi connectivity index (χ3n) is 2.85. The van der Waals surface area contributed by atoms with Gasteiger partial charge in [-0.3, -0.25) is 4.79 Å².